The van der Waals surface area contributed by atoms with Crippen molar-refractivity contribution in [2.45, 2.75) is 20.3 Å². The van der Waals surface area contributed by atoms with Crippen molar-refractivity contribution in [3.63, 3.8) is 0 Å². The van der Waals surface area contributed by atoms with E-state index in [-0.39, 0.29) is 0 Å². The summed E-state index contributed by atoms with van der Waals surface area (Å²) >= 11 is 1.65. The molecule has 0 aliphatic heterocycles. The number of nitrogens with zero attached hydrogens (tertiary/aromatic N) is 2. The van der Waals surface area contributed by atoms with Crippen LogP contribution in [0.5, 0.6) is 0 Å². The number of aromatic nitrogens is 2. The minimum atomic E-state index is 0.607. The summed E-state index contributed by atoms with van der Waals surface area (Å²) in [6, 6.07) is 12.7. The second kappa shape index (κ2) is 6.19. The highest BCUT2D eigenvalue weighted by Crippen LogP contribution is 2.34. The molecule has 2 nitrogen and oxygen atoms in total. The first kappa shape index (κ1) is 14.0. The maximum Gasteiger partial charge on any atom is 0.0797 e. The van der Waals surface area contributed by atoms with Gasteiger partial charge in [-0.2, -0.15) is 0 Å². The third-order valence-corrected chi connectivity index (χ3v) is 4.17. The zero-order chi connectivity index (χ0) is 14.7. The highest BCUT2D eigenvalue weighted by molar-refractivity contribution is 7.13. The molecule has 0 N–H and O–H groups in total. The molecule has 21 heavy (non-hydrogen) atoms. The van der Waals surface area contributed by atoms with Crippen LogP contribution >= 0.6 is 11.3 Å². The molecule has 106 valence electrons. The fourth-order valence-electron chi connectivity index (χ4n) is 2.43. The van der Waals surface area contributed by atoms with Gasteiger partial charge >= 0.3 is 0 Å². The molecule has 3 aromatic rings. The van der Waals surface area contributed by atoms with Gasteiger partial charge in [-0.1, -0.05) is 44.2 Å². The van der Waals surface area contributed by atoms with Crippen LogP contribution in [0.15, 0.2) is 54.3 Å². The lowest BCUT2D eigenvalue weighted by atomic mass is 9.98. The minimum Gasteiger partial charge on any atom is -0.261 e. The monoisotopic (exact) mass is 294 g/mol. The van der Waals surface area contributed by atoms with Crippen LogP contribution in [0.2, 0.25) is 0 Å². The Labute approximate surface area is 129 Å². The molecule has 0 aliphatic rings. The van der Waals surface area contributed by atoms with E-state index in [1.54, 1.807) is 11.3 Å². The summed E-state index contributed by atoms with van der Waals surface area (Å²) in [7, 11) is 0. The van der Waals surface area contributed by atoms with Crippen molar-refractivity contribution in [2.24, 2.45) is 5.92 Å². The number of thiazole rings is 1. The Bertz CT molecular complexity index is 703. The van der Waals surface area contributed by atoms with Crippen molar-refractivity contribution < 1.29 is 0 Å². The molecule has 0 atom stereocenters. The van der Waals surface area contributed by atoms with Crippen LogP contribution in [0, 0.1) is 5.92 Å². The van der Waals surface area contributed by atoms with E-state index in [0.29, 0.717) is 5.92 Å². The van der Waals surface area contributed by atoms with Crippen molar-refractivity contribution in [2.75, 3.05) is 0 Å². The van der Waals surface area contributed by atoms with Gasteiger partial charge in [-0.25, -0.2) is 0 Å². The summed E-state index contributed by atoms with van der Waals surface area (Å²) < 4.78 is 0. The Hall–Kier alpha value is -2.00. The Morgan fingerprint density at radius 1 is 1.05 bits per heavy atom. The second-order valence-corrected chi connectivity index (χ2v) is 6.44. The molecule has 1 aromatic carbocycles. The van der Waals surface area contributed by atoms with Crippen LogP contribution in [0.1, 0.15) is 19.5 Å². The highest BCUT2D eigenvalue weighted by Gasteiger charge is 2.11. The van der Waals surface area contributed by atoms with E-state index in [1.165, 1.54) is 11.1 Å². The Morgan fingerprint density at radius 2 is 1.86 bits per heavy atom. The van der Waals surface area contributed by atoms with Crippen LogP contribution in [0.3, 0.4) is 0 Å². The predicted octanol–water partition coefficient (Wildman–Crippen LogP) is 5.07. The minimum absolute atomic E-state index is 0.607. The van der Waals surface area contributed by atoms with E-state index in [4.69, 9.17) is 0 Å². The van der Waals surface area contributed by atoms with E-state index >= 15 is 0 Å². The molecule has 0 saturated heterocycles. The summed E-state index contributed by atoms with van der Waals surface area (Å²) in [6.45, 7) is 4.45. The molecule has 3 rings (SSSR count). The molecule has 0 radical (unpaired) electrons. The molecule has 0 spiro atoms. The topological polar surface area (TPSA) is 25.8 Å². The van der Waals surface area contributed by atoms with Crippen molar-refractivity contribution in [1.82, 2.24) is 9.97 Å². The number of hydrogen-bond acceptors (Lipinski definition) is 3. The summed E-state index contributed by atoms with van der Waals surface area (Å²) in [5.74, 6) is 0.607. The smallest absolute Gasteiger partial charge is 0.0797 e. The lowest BCUT2D eigenvalue weighted by molar-refractivity contribution is 0.635. The number of pyridine rings is 1. The standard InChI is InChI=1S/C18H18N2S/c1-13(2)8-15-9-16(14-6-4-3-5-7-14)17(10-20-15)18-11-19-12-21-18/h3-7,9-13H,8H2,1-2H3. The number of hydrogen-bond donors (Lipinski definition) is 0. The van der Waals surface area contributed by atoms with Gasteiger partial charge in [0, 0.05) is 23.7 Å². The predicted molar refractivity (Wildman–Crippen MR) is 89.3 cm³/mol. The zero-order valence-corrected chi connectivity index (χ0v) is 13.1. The fourth-order valence-corrected chi connectivity index (χ4v) is 3.08. The average molecular weight is 294 g/mol. The first-order chi connectivity index (χ1) is 10.2. The van der Waals surface area contributed by atoms with Gasteiger partial charge in [-0.15, -0.1) is 11.3 Å². The summed E-state index contributed by atoms with van der Waals surface area (Å²) in [5, 5.41) is 0. The van der Waals surface area contributed by atoms with E-state index in [2.05, 4.69) is 54.1 Å². The Balaban J connectivity index is 2.12. The molecule has 0 amide bonds. The van der Waals surface area contributed by atoms with Crippen LogP contribution in [-0.2, 0) is 6.42 Å². The molecule has 0 bridgehead atoms. The molecule has 3 heteroatoms. The molecule has 2 heterocycles. The van der Waals surface area contributed by atoms with Crippen LogP contribution in [-0.4, -0.2) is 9.97 Å². The lowest BCUT2D eigenvalue weighted by Gasteiger charge is -2.11. The van der Waals surface area contributed by atoms with Gasteiger partial charge in [0.2, 0.25) is 0 Å². The van der Waals surface area contributed by atoms with Gasteiger partial charge in [0.05, 0.1) is 10.4 Å². The van der Waals surface area contributed by atoms with E-state index in [9.17, 15) is 0 Å². The fraction of sp³-hybridized carbons (Fsp3) is 0.222. The lowest BCUT2D eigenvalue weighted by Crippen LogP contribution is -1.98. The first-order valence-electron chi connectivity index (χ1n) is 7.17. The van der Waals surface area contributed by atoms with Crippen LogP contribution in [0.4, 0.5) is 0 Å². The molecule has 2 aromatic heterocycles. The van der Waals surface area contributed by atoms with Crippen molar-refractivity contribution in [3.05, 3.63) is 60.0 Å². The van der Waals surface area contributed by atoms with E-state index < -0.39 is 0 Å². The zero-order valence-electron chi connectivity index (χ0n) is 12.3. The normalized spacial score (nSPS) is 11.0. The van der Waals surface area contributed by atoms with Crippen molar-refractivity contribution in [3.8, 4) is 21.6 Å². The molecule has 0 saturated carbocycles. The van der Waals surface area contributed by atoms with Crippen molar-refractivity contribution in [1.29, 1.82) is 0 Å². The van der Waals surface area contributed by atoms with Gasteiger partial charge in [0.1, 0.15) is 0 Å². The van der Waals surface area contributed by atoms with Gasteiger partial charge in [0.25, 0.3) is 0 Å². The Morgan fingerprint density at radius 3 is 2.52 bits per heavy atom. The summed E-state index contributed by atoms with van der Waals surface area (Å²) in [4.78, 5) is 10.00. The van der Waals surface area contributed by atoms with Crippen molar-refractivity contribution >= 4 is 11.3 Å². The van der Waals surface area contributed by atoms with E-state index in [1.807, 2.05) is 24.0 Å². The maximum atomic E-state index is 4.64. The number of rotatable bonds is 4. The number of benzene rings is 1. The second-order valence-electron chi connectivity index (χ2n) is 5.55. The quantitative estimate of drug-likeness (QED) is 0.671. The molecule has 0 fully saturated rings. The maximum absolute atomic E-state index is 4.64. The third kappa shape index (κ3) is 3.19. The largest absolute Gasteiger partial charge is 0.261 e. The van der Waals surface area contributed by atoms with Gasteiger partial charge < -0.3 is 0 Å². The average Bonchev–Trinajstić information content (AvgIpc) is 3.01. The summed E-state index contributed by atoms with van der Waals surface area (Å²) in [6.07, 6.45) is 4.91. The SMILES string of the molecule is CC(C)Cc1cc(-c2ccccc2)c(-c2cncs2)cn1. The molecular weight excluding hydrogens is 276 g/mol. The van der Waals surface area contributed by atoms with Gasteiger partial charge in [-0.3, -0.25) is 9.97 Å². The first-order valence-corrected chi connectivity index (χ1v) is 8.05. The van der Waals surface area contributed by atoms with Gasteiger partial charge in [-0.05, 0) is 29.5 Å². The molecule has 0 unspecified atom stereocenters. The molecular formula is C18H18N2S. The highest BCUT2D eigenvalue weighted by atomic mass is 32.1. The van der Waals surface area contributed by atoms with Crippen LogP contribution < -0.4 is 0 Å². The third-order valence-electron chi connectivity index (χ3n) is 3.36. The summed E-state index contributed by atoms with van der Waals surface area (Å²) in [5.41, 5.74) is 6.65. The van der Waals surface area contributed by atoms with Crippen LogP contribution in [0.25, 0.3) is 21.6 Å². The molecule has 0 aliphatic carbocycles. The Kier molecular flexibility index (Phi) is 4.11. The van der Waals surface area contributed by atoms with Gasteiger partial charge in [0.15, 0.2) is 0 Å². The van der Waals surface area contributed by atoms with E-state index in [0.717, 1.165) is 22.6 Å².